The molecule has 0 aliphatic rings. The van der Waals surface area contributed by atoms with E-state index in [2.05, 4.69) is 26.8 Å². The number of alkyl halides is 2. The largest absolute Gasteiger partial charge is 0.122 e. The molecule has 0 fully saturated rings. The minimum atomic E-state index is 0.551. The molecule has 0 aromatic heterocycles. The lowest BCUT2D eigenvalue weighted by Crippen LogP contribution is -1.98. The molecule has 0 nitrogen and oxygen atoms in total. The highest BCUT2D eigenvalue weighted by atomic mass is 35.5. The van der Waals surface area contributed by atoms with Crippen LogP contribution in [0.3, 0.4) is 0 Å². The van der Waals surface area contributed by atoms with Gasteiger partial charge in [0.2, 0.25) is 0 Å². The maximum atomic E-state index is 5.90. The molecule has 13 heavy (non-hydrogen) atoms. The molecule has 1 aromatic rings. The van der Waals surface area contributed by atoms with Gasteiger partial charge in [0.15, 0.2) is 0 Å². The Hall–Kier alpha value is -0.200. The highest BCUT2D eigenvalue weighted by Gasteiger charge is 2.09. The molecule has 0 saturated carbocycles. The first-order valence-electron chi connectivity index (χ1n) is 4.32. The van der Waals surface area contributed by atoms with Crippen LogP contribution in [0.2, 0.25) is 0 Å². The second-order valence-corrected chi connectivity index (χ2v) is 3.89. The molecule has 0 amide bonds. The van der Waals surface area contributed by atoms with Gasteiger partial charge >= 0.3 is 0 Å². The number of halogens is 2. The Kier molecular flexibility index (Phi) is 3.63. The fourth-order valence-corrected chi connectivity index (χ4v) is 2.32. The van der Waals surface area contributed by atoms with Crippen LogP contribution in [0.1, 0.15) is 27.8 Å². The van der Waals surface area contributed by atoms with E-state index in [1.807, 2.05) is 0 Å². The third kappa shape index (κ3) is 2.00. The first kappa shape index (κ1) is 10.9. The van der Waals surface area contributed by atoms with Crippen molar-refractivity contribution < 1.29 is 0 Å². The zero-order valence-corrected chi connectivity index (χ0v) is 9.76. The molecule has 0 radical (unpaired) electrons. The molecule has 72 valence electrons. The van der Waals surface area contributed by atoms with Crippen molar-refractivity contribution in [2.45, 2.75) is 32.5 Å². The smallest absolute Gasteiger partial charge is 0.0480 e. The summed E-state index contributed by atoms with van der Waals surface area (Å²) in [6.07, 6.45) is 0. The summed E-state index contributed by atoms with van der Waals surface area (Å²) in [5, 5.41) is 0. The van der Waals surface area contributed by atoms with E-state index in [-0.39, 0.29) is 0 Å². The van der Waals surface area contributed by atoms with Crippen molar-refractivity contribution in [1.29, 1.82) is 0 Å². The monoisotopic (exact) mass is 216 g/mol. The highest BCUT2D eigenvalue weighted by molar-refractivity contribution is 6.19. The summed E-state index contributed by atoms with van der Waals surface area (Å²) in [6.45, 7) is 6.29. The number of hydrogen-bond donors (Lipinski definition) is 0. The topological polar surface area (TPSA) is 0 Å². The van der Waals surface area contributed by atoms with Crippen molar-refractivity contribution in [2.75, 3.05) is 0 Å². The summed E-state index contributed by atoms with van der Waals surface area (Å²) in [4.78, 5) is 0. The lowest BCUT2D eigenvalue weighted by atomic mass is 9.95. The predicted octanol–water partition coefficient (Wildman–Crippen LogP) is 4.09. The van der Waals surface area contributed by atoms with E-state index in [0.29, 0.717) is 11.8 Å². The molecule has 0 atom stereocenters. The number of benzene rings is 1. The van der Waals surface area contributed by atoms with Gasteiger partial charge in [0, 0.05) is 11.8 Å². The summed E-state index contributed by atoms with van der Waals surface area (Å²) in [5.74, 6) is 1.10. The molecule has 0 bridgehead atoms. The molecule has 0 spiro atoms. The normalized spacial score (nSPS) is 10.5. The Morgan fingerprint density at radius 3 is 1.92 bits per heavy atom. The second-order valence-electron chi connectivity index (χ2n) is 3.36. The highest BCUT2D eigenvalue weighted by Crippen LogP contribution is 2.25. The average Bonchev–Trinajstić information content (AvgIpc) is 2.10. The number of rotatable bonds is 2. The Labute approximate surface area is 89.9 Å². The Balaban J connectivity index is 3.41. The maximum absolute atomic E-state index is 5.90. The summed E-state index contributed by atoms with van der Waals surface area (Å²) >= 11 is 11.8. The quantitative estimate of drug-likeness (QED) is 0.654. The van der Waals surface area contributed by atoms with Crippen LogP contribution in [0.15, 0.2) is 6.07 Å². The van der Waals surface area contributed by atoms with E-state index in [1.165, 1.54) is 27.8 Å². The van der Waals surface area contributed by atoms with Crippen molar-refractivity contribution in [3.63, 3.8) is 0 Å². The maximum Gasteiger partial charge on any atom is 0.0480 e. The molecule has 0 saturated heterocycles. The van der Waals surface area contributed by atoms with Crippen molar-refractivity contribution in [1.82, 2.24) is 0 Å². The van der Waals surface area contributed by atoms with Crippen LogP contribution in [-0.4, -0.2) is 0 Å². The van der Waals surface area contributed by atoms with Crippen molar-refractivity contribution in [2.24, 2.45) is 0 Å². The number of hydrogen-bond acceptors (Lipinski definition) is 0. The molecular formula is C11H14Cl2. The first-order valence-corrected chi connectivity index (χ1v) is 5.39. The molecule has 1 rings (SSSR count). The van der Waals surface area contributed by atoms with Crippen LogP contribution in [0.4, 0.5) is 0 Å². The number of aryl methyl sites for hydroxylation is 2. The van der Waals surface area contributed by atoms with Gasteiger partial charge in [-0.25, -0.2) is 0 Å². The summed E-state index contributed by atoms with van der Waals surface area (Å²) in [5.41, 5.74) is 6.21. The fourth-order valence-electron chi connectivity index (χ4n) is 1.59. The third-order valence-corrected chi connectivity index (χ3v) is 3.12. The van der Waals surface area contributed by atoms with Gasteiger partial charge in [-0.1, -0.05) is 6.07 Å². The lowest BCUT2D eigenvalue weighted by molar-refractivity contribution is 1.14. The second kappa shape index (κ2) is 4.34. The molecule has 0 heterocycles. The van der Waals surface area contributed by atoms with Crippen LogP contribution in [-0.2, 0) is 11.8 Å². The van der Waals surface area contributed by atoms with E-state index in [0.717, 1.165) is 0 Å². The lowest BCUT2D eigenvalue weighted by Gasteiger charge is -2.13. The third-order valence-electron chi connectivity index (χ3n) is 2.58. The van der Waals surface area contributed by atoms with Gasteiger partial charge in [-0.05, 0) is 48.6 Å². The van der Waals surface area contributed by atoms with Gasteiger partial charge < -0.3 is 0 Å². The fraction of sp³-hybridized carbons (Fsp3) is 0.455. The van der Waals surface area contributed by atoms with E-state index < -0.39 is 0 Å². The summed E-state index contributed by atoms with van der Waals surface area (Å²) in [7, 11) is 0. The Morgan fingerprint density at radius 2 is 1.46 bits per heavy atom. The van der Waals surface area contributed by atoms with E-state index in [9.17, 15) is 0 Å². The molecule has 1 aromatic carbocycles. The molecular weight excluding hydrogens is 203 g/mol. The van der Waals surface area contributed by atoms with E-state index in [1.54, 1.807) is 0 Å². The Bertz CT molecular complexity index is 316. The molecule has 0 aliphatic heterocycles. The van der Waals surface area contributed by atoms with Crippen LogP contribution in [0, 0.1) is 20.8 Å². The summed E-state index contributed by atoms with van der Waals surface area (Å²) in [6, 6.07) is 2.17. The van der Waals surface area contributed by atoms with Crippen LogP contribution >= 0.6 is 23.2 Å². The van der Waals surface area contributed by atoms with E-state index >= 15 is 0 Å². The molecule has 0 unspecified atom stereocenters. The zero-order valence-electron chi connectivity index (χ0n) is 8.25. The van der Waals surface area contributed by atoms with E-state index in [4.69, 9.17) is 23.2 Å². The average molecular weight is 217 g/mol. The van der Waals surface area contributed by atoms with Gasteiger partial charge in [-0.15, -0.1) is 23.2 Å². The van der Waals surface area contributed by atoms with Crippen molar-refractivity contribution in [3.05, 3.63) is 33.9 Å². The van der Waals surface area contributed by atoms with Crippen LogP contribution in [0.5, 0.6) is 0 Å². The molecule has 2 heteroatoms. The van der Waals surface area contributed by atoms with Gasteiger partial charge in [-0.2, -0.15) is 0 Å². The summed E-state index contributed by atoms with van der Waals surface area (Å²) < 4.78 is 0. The van der Waals surface area contributed by atoms with Crippen LogP contribution < -0.4 is 0 Å². The predicted molar refractivity (Wildman–Crippen MR) is 59.8 cm³/mol. The van der Waals surface area contributed by atoms with Gasteiger partial charge in [0.05, 0.1) is 0 Å². The zero-order chi connectivity index (χ0) is 10.0. The standard InChI is InChI=1S/C11H14Cl2/c1-7-4-8(2)10(5-12)11(6-13)9(7)3/h4H,5-6H2,1-3H3. The van der Waals surface area contributed by atoms with Gasteiger partial charge in [0.25, 0.3) is 0 Å². The van der Waals surface area contributed by atoms with Crippen LogP contribution in [0.25, 0.3) is 0 Å². The van der Waals surface area contributed by atoms with Crippen molar-refractivity contribution in [3.8, 4) is 0 Å². The van der Waals surface area contributed by atoms with Gasteiger partial charge in [-0.3, -0.25) is 0 Å². The minimum Gasteiger partial charge on any atom is -0.122 e. The van der Waals surface area contributed by atoms with Crippen molar-refractivity contribution >= 4 is 23.2 Å². The molecule has 0 aliphatic carbocycles. The SMILES string of the molecule is Cc1cc(C)c(CCl)c(CCl)c1C. The minimum absolute atomic E-state index is 0.551. The Morgan fingerprint density at radius 1 is 0.923 bits per heavy atom. The molecule has 0 N–H and O–H groups in total. The van der Waals surface area contributed by atoms with Gasteiger partial charge in [0.1, 0.15) is 0 Å². The first-order chi connectivity index (χ1) is 6.11.